The Morgan fingerprint density at radius 1 is 1.10 bits per heavy atom. The maximum Gasteiger partial charge on any atom is 0.282 e. The van der Waals surface area contributed by atoms with Gasteiger partial charge in [-0.3, -0.25) is 4.79 Å². The van der Waals surface area contributed by atoms with Gasteiger partial charge >= 0.3 is 0 Å². The predicted molar refractivity (Wildman–Crippen MR) is 114 cm³/mol. The van der Waals surface area contributed by atoms with Crippen molar-refractivity contribution in [1.29, 1.82) is 0 Å². The van der Waals surface area contributed by atoms with E-state index in [2.05, 4.69) is 20.3 Å². The zero-order chi connectivity index (χ0) is 21.3. The number of amides is 1. The second-order valence-electron chi connectivity index (χ2n) is 6.43. The Morgan fingerprint density at radius 2 is 1.80 bits per heavy atom. The average molecular weight is 441 g/mol. The number of rotatable bonds is 5. The van der Waals surface area contributed by atoms with E-state index in [0.717, 1.165) is 11.3 Å². The Morgan fingerprint density at radius 3 is 2.47 bits per heavy atom. The zero-order valence-electron chi connectivity index (χ0n) is 15.7. The van der Waals surface area contributed by atoms with Crippen LogP contribution in [0.5, 0.6) is 0 Å². The van der Waals surface area contributed by atoms with Crippen molar-refractivity contribution in [3.63, 3.8) is 0 Å². The summed E-state index contributed by atoms with van der Waals surface area (Å²) in [5, 5.41) is 21.0. The molecule has 1 aromatic heterocycles. The standard InChI is InChI=1S/C19H16N6O3S2/c1-12-17(23-22-14-7-9-15(10-8-14)30(20,27)28)18(26)25(24-12)19-21-16(11-29-19)13-5-3-2-4-6-13/h2-11,17H,1H3,(H2,20,27,28). The van der Waals surface area contributed by atoms with Gasteiger partial charge in [-0.15, -0.1) is 11.3 Å². The van der Waals surface area contributed by atoms with Crippen molar-refractivity contribution >= 4 is 43.8 Å². The van der Waals surface area contributed by atoms with Crippen LogP contribution in [-0.2, 0) is 14.8 Å². The molecular weight excluding hydrogens is 424 g/mol. The molecule has 1 amide bonds. The number of hydrogen-bond acceptors (Lipinski definition) is 8. The molecule has 1 unspecified atom stereocenters. The molecule has 1 atom stereocenters. The number of azo groups is 1. The van der Waals surface area contributed by atoms with Crippen molar-refractivity contribution in [2.45, 2.75) is 17.9 Å². The predicted octanol–water partition coefficient (Wildman–Crippen LogP) is 3.33. The molecular formula is C19H16N6O3S2. The Balaban J connectivity index is 1.51. The maximum absolute atomic E-state index is 12.8. The third kappa shape index (κ3) is 4.03. The highest BCUT2D eigenvalue weighted by atomic mass is 32.2. The molecule has 1 aliphatic rings. The fourth-order valence-electron chi connectivity index (χ4n) is 2.76. The molecule has 3 aromatic rings. The summed E-state index contributed by atoms with van der Waals surface area (Å²) < 4.78 is 22.6. The van der Waals surface area contributed by atoms with Gasteiger partial charge in [0.15, 0.2) is 6.04 Å². The van der Waals surface area contributed by atoms with Gasteiger partial charge in [0.25, 0.3) is 5.91 Å². The number of benzene rings is 2. The van der Waals surface area contributed by atoms with E-state index in [9.17, 15) is 13.2 Å². The number of hydrogen-bond donors (Lipinski definition) is 1. The zero-order valence-corrected chi connectivity index (χ0v) is 17.3. The van der Waals surface area contributed by atoms with Gasteiger partial charge in [0.2, 0.25) is 15.2 Å². The van der Waals surface area contributed by atoms with Gasteiger partial charge in [-0.25, -0.2) is 18.5 Å². The number of carbonyl (C=O) groups is 1. The lowest BCUT2D eigenvalue weighted by Crippen LogP contribution is -2.29. The Hall–Kier alpha value is -3.28. The quantitative estimate of drug-likeness (QED) is 0.610. The van der Waals surface area contributed by atoms with E-state index in [1.165, 1.54) is 40.6 Å². The van der Waals surface area contributed by atoms with Crippen LogP contribution in [0.4, 0.5) is 10.8 Å². The molecule has 30 heavy (non-hydrogen) atoms. The lowest BCUT2D eigenvalue weighted by atomic mass is 10.2. The van der Waals surface area contributed by atoms with Crippen molar-refractivity contribution in [3.8, 4) is 11.3 Å². The largest absolute Gasteiger partial charge is 0.282 e. The first-order valence-corrected chi connectivity index (χ1v) is 11.2. The summed E-state index contributed by atoms with van der Waals surface area (Å²) in [5.74, 6) is -0.355. The molecule has 1 aliphatic heterocycles. The first kappa shape index (κ1) is 20.0. The number of anilines is 1. The van der Waals surface area contributed by atoms with E-state index in [1.807, 2.05) is 35.7 Å². The number of carbonyl (C=O) groups excluding carboxylic acids is 1. The van der Waals surface area contributed by atoms with Crippen LogP contribution in [0.1, 0.15) is 6.92 Å². The third-order valence-corrected chi connectivity index (χ3v) is 6.04. The van der Waals surface area contributed by atoms with E-state index in [-0.39, 0.29) is 10.8 Å². The molecule has 2 N–H and O–H groups in total. The molecule has 0 saturated carbocycles. The third-order valence-electron chi connectivity index (χ3n) is 4.29. The van der Waals surface area contributed by atoms with Crippen molar-refractivity contribution in [3.05, 3.63) is 60.0 Å². The SMILES string of the molecule is CC1=NN(c2nc(-c3ccccc3)cs2)C(=O)C1N=Nc1ccc(S(N)(=O)=O)cc1. The van der Waals surface area contributed by atoms with E-state index < -0.39 is 16.1 Å². The summed E-state index contributed by atoms with van der Waals surface area (Å²) in [5.41, 5.74) is 2.59. The molecule has 9 nitrogen and oxygen atoms in total. The van der Waals surface area contributed by atoms with Crippen LogP contribution in [0.15, 0.2) is 80.2 Å². The highest BCUT2D eigenvalue weighted by molar-refractivity contribution is 7.89. The van der Waals surface area contributed by atoms with Gasteiger partial charge in [0.05, 0.1) is 22.0 Å². The Bertz CT molecular complexity index is 1250. The molecule has 0 spiro atoms. The van der Waals surface area contributed by atoms with Gasteiger partial charge in [0.1, 0.15) is 0 Å². The minimum absolute atomic E-state index is 0.0275. The minimum Gasteiger partial charge on any atom is -0.269 e. The summed E-state index contributed by atoms with van der Waals surface area (Å²) >= 11 is 1.31. The van der Waals surface area contributed by atoms with Crippen LogP contribution in [0.2, 0.25) is 0 Å². The summed E-state index contributed by atoms with van der Waals surface area (Å²) in [6.45, 7) is 1.69. The first-order chi connectivity index (χ1) is 14.3. The molecule has 0 saturated heterocycles. The minimum atomic E-state index is -3.78. The highest BCUT2D eigenvalue weighted by Gasteiger charge is 2.36. The van der Waals surface area contributed by atoms with E-state index >= 15 is 0 Å². The van der Waals surface area contributed by atoms with Crippen LogP contribution in [0, 0.1) is 0 Å². The molecule has 2 aromatic carbocycles. The van der Waals surface area contributed by atoms with Crippen molar-refractivity contribution < 1.29 is 13.2 Å². The van der Waals surface area contributed by atoms with Gasteiger partial charge in [-0.2, -0.15) is 20.3 Å². The molecule has 0 aliphatic carbocycles. The van der Waals surface area contributed by atoms with Crippen LogP contribution in [-0.4, -0.2) is 31.1 Å². The molecule has 0 bridgehead atoms. The summed E-state index contributed by atoms with van der Waals surface area (Å²) in [6, 6.07) is 14.4. The van der Waals surface area contributed by atoms with E-state index in [1.54, 1.807) is 6.92 Å². The van der Waals surface area contributed by atoms with Crippen molar-refractivity contribution in [2.24, 2.45) is 20.5 Å². The van der Waals surface area contributed by atoms with Crippen LogP contribution >= 0.6 is 11.3 Å². The van der Waals surface area contributed by atoms with Gasteiger partial charge < -0.3 is 0 Å². The number of thiazole rings is 1. The van der Waals surface area contributed by atoms with Gasteiger partial charge in [-0.1, -0.05) is 30.3 Å². The van der Waals surface area contributed by atoms with E-state index in [4.69, 9.17) is 5.14 Å². The first-order valence-electron chi connectivity index (χ1n) is 8.77. The Kier molecular flexibility index (Phi) is 5.24. The molecule has 11 heteroatoms. The van der Waals surface area contributed by atoms with Crippen LogP contribution in [0.25, 0.3) is 11.3 Å². The summed E-state index contributed by atoms with van der Waals surface area (Å²) in [6.07, 6.45) is 0. The van der Waals surface area contributed by atoms with Crippen molar-refractivity contribution in [2.75, 3.05) is 5.01 Å². The molecule has 0 fully saturated rings. The van der Waals surface area contributed by atoms with Gasteiger partial charge in [0, 0.05) is 10.9 Å². The smallest absolute Gasteiger partial charge is 0.269 e. The molecule has 0 radical (unpaired) electrons. The highest BCUT2D eigenvalue weighted by Crippen LogP contribution is 2.30. The summed E-state index contributed by atoms with van der Waals surface area (Å²) in [7, 11) is -3.78. The molecule has 152 valence electrons. The monoisotopic (exact) mass is 440 g/mol. The van der Waals surface area contributed by atoms with Gasteiger partial charge in [-0.05, 0) is 31.2 Å². The van der Waals surface area contributed by atoms with Crippen LogP contribution in [0.3, 0.4) is 0 Å². The maximum atomic E-state index is 12.8. The van der Waals surface area contributed by atoms with E-state index in [0.29, 0.717) is 16.5 Å². The van der Waals surface area contributed by atoms with Crippen molar-refractivity contribution in [1.82, 2.24) is 4.98 Å². The second-order valence-corrected chi connectivity index (χ2v) is 8.83. The van der Waals surface area contributed by atoms with Crippen LogP contribution < -0.4 is 10.1 Å². The number of hydrazone groups is 1. The molecule has 2 heterocycles. The Labute approximate surface area is 176 Å². The average Bonchev–Trinajstić information content (AvgIpc) is 3.32. The lowest BCUT2D eigenvalue weighted by molar-refractivity contribution is -0.117. The normalized spacial score (nSPS) is 17.0. The lowest BCUT2D eigenvalue weighted by Gasteiger charge is -2.08. The molecule has 4 rings (SSSR count). The second kappa shape index (κ2) is 7.86. The fourth-order valence-corrected chi connectivity index (χ4v) is 4.06. The number of sulfonamides is 1. The summed E-state index contributed by atoms with van der Waals surface area (Å²) in [4.78, 5) is 17.3. The number of aromatic nitrogens is 1. The number of nitrogens with two attached hydrogens (primary N) is 1. The fraction of sp³-hybridized carbons (Fsp3) is 0.105. The topological polar surface area (TPSA) is 130 Å². The number of nitrogens with zero attached hydrogens (tertiary/aromatic N) is 5. The number of primary sulfonamides is 1.